The first-order chi connectivity index (χ1) is 33.5. The van der Waals surface area contributed by atoms with E-state index in [-0.39, 0.29) is 19.1 Å². The number of hydrogen-bond donors (Lipinski definition) is 2. The molecule has 0 heterocycles. The van der Waals surface area contributed by atoms with Gasteiger partial charge in [-0.3, -0.25) is 9.36 Å². The average molecular weight is 998 g/mol. The third kappa shape index (κ3) is 54.8. The molecule has 69 heavy (non-hydrogen) atoms. The van der Waals surface area contributed by atoms with Gasteiger partial charge in [0.15, 0.2) is 0 Å². The van der Waals surface area contributed by atoms with Crippen LogP contribution in [0.2, 0.25) is 0 Å². The molecule has 0 aromatic carbocycles. The summed E-state index contributed by atoms with van der Waals surface area (Å²) in [5.41, 5.74) is 0. The van der Waals surface area contributed by atoms with Crippen LogP contribution in [0.4, 0.5) is 0 Å². The molecule has 0 aromatic rings. The van der Waals surface area contributed by atoms with E-state index in [1.54, 1.807) is 6.08 Å². The SMILES string of the molecule is CCCCCCCCCCCCCCCCCC/C=C/C(O)C(COP(=O)([O-])OCC[N+](C)(C)C)NC(=O)CCCCCCCCCCCCCCCCCCCCCCCCCCCCCCC. The van der Waals surface area contributed by atoms with Crippen LogP contribution in [0, 0.1) is 0 Å². The van der Waals surface area contributed by atoms with Crippen molar-refractivity contribution in [1.29, 1.82) is 0 Å². The van der Waals surface area contributed by atoms with Gasteiger partial charge in [-0.1, -0.05) is 302 Å². The number of quaternary nitrogens is 1. The van der Waals surface area contributed by atoms with E-state index in [1.807, 2.05) is 27.2 Å². The first kappa shape index (κ1) is 68.2. The van der Waals surface area contributed by atoms with Gasteiger partial charge in [0.05, 0.1) is 39.9 Å². The van der Waals surface area contributed by atoms with Crippen LogP contribution in [-0.4, -0.2) is 68.5 Å². The predicted molar refractivity (Wildman–Crippen MR) is 298 cm³/mol. The zero-order valence-electron chi connectivity index (χ0n) is 47.0. The van der Waals surface area contributed by atoms with Crippen molar-refractivity contribution >= 4 is 13.7 Å². The third-order valence-electron chi connectivity index (χ3n) is 14.2. The first-order valence-corrected chi connectivity index (χ1v) is 32.0. The summed E-state index contributed by atoms with van der Waals surface area (Å²) in [6, 6.07) is -0.882. The molecule has 0 rings (SSSR count). The number of amides is 1. The Morgan fingerprint density at radius 1 is 0.493 bits per heavy atom. The maximum Gasteiger partial charge on any atom is 0.268 e. The van der Waals surface area contributed by atoms with Crippen LogP contribution in [0.5, 0.6) is 0 Å². The summed E-state index contributed by atoms with van der Waals surface area (Å²) in [6.07, 6.45) is 64.4. The maximum atomic E-state index is 13.0. The van der Waals surface area contributed by atoms with Crippen molar-refractivity contribution in [3.05, 3.63) is 12.2 Å². The highest BCUT2D eigenvalue weighted by Gasteiger charge is 2.23. The van der Waals surface area contributed by atoms with Gasteiger partial charge in [0.2, 0.25) is 5.91 Å². The number of phosphoric ester groups is 1. The van der Waals surface area contributed by atoms with Crippen molar-refractivity contribution in [3.8, 4) is 0 Å². The molecule has 0 bridgehead atoms. The van der Waals surface area contributed by atoms with E-state index in [0.29, 0.717) is 17.4 Å². The molecule has 0 spiro atoms. The van der Waals surface area contributed by atoms with Crippen LogP contribution in [-0.2, 0) is 18.4 Å². The molecule has 0 radical (unpaired) electrons. The van der Waals surface area contributed by atoms with E-state index in [4.69, 9.17) is 9.05 Å². The highest BCUT2D eigenvalue weighted by molar-refractivity contribution is 7.45. The van der Waals surface area contributed by atoms with Gasteiger partial charge in [0, 0.05) is 6.42 Å². The van der Waals surface area contributed by atoms with E-state index in [9.17, 15) is 19.4 Å². The van der Waals surface area contributed by atoms with E-state index >= 15 is 0 Å². The smallest absolute Gasteiger partial charge is 0.268 e. The van der Waals surface area contributed by atoms with E-state index in [1.165, 1.54) is 257 Å². The number of aliphatic hydroxyl groups is 1. The Hall–Kier alpha value is -0.760. The third-order valence-corrected chi connectivity index (χ3v) is 15.2. The standard InChI is InChI=1S/C60H121N2O6P/c1-6-8-10-12-14-16-18-20-22-24-26-27-28-29-30-31-32-33-34-35-36-38-40-42-44-46-48-50-52-54-60(64)61-58(57-68-69(65,66)67-56-55-62(3,4)5)59(63)53-51-49-47-45-43-41-39-37-25-23-21-19-17-15-13-11-9-7-2/h51,53,58-59,63H,6-50,52,54-57H2,1-5H3,(H-,61,64,65,66)/b53-51+. The summed E-state index contributed by atoms with van der Waals surface area (Å²) in [7, 11) is 1.28. The highest BCUT2D eigenvalue weighted by Crippen LogP contribution is 2.38. The fourth-order valence-electron chi connectivity index (χ4n) is 9.45. The molecule has 3 unspecified atom stereocenters. The number of nitrogens with one attached hydrogen (secondary N) is 1. The molecule has 0 fully saturated rings. The molecule has 0 aliphatic rings. The zero-order valence-corrected chi connectivity index (χ0v) is 47.9. The monoisotopic (exact) mass is 997 g/mol. The van der Waals surface area contributed by atoms with Crippen LogP contribution in [0.3, 0.4) is 0 Å². The van der Waals surface area contributed by atoms with Gasteiger partial charge in [0.25, 0.3) is 7.82 Å². The lowest BCUT2D eigenvalue weighted by molar-refractivity contribution is -0.870. The van der Waals surface area contributed by atoms with E-state index < -0.39 is 20.0 Å². The number of carbonyl (C=O) groups excluding carboxylic acids is 1. The minimum absolute atomic E-state index is 0.00272. The molecule has 8 nitrogen and oxygen atoms in total. The molecule has 0 saturated heterocycles. The lowest BCUT2D eigenvalue weighted by atomic mass is 10.0. The van der Waals surface area contributed by atoms with Crippen molar-refractivity contribution in [3.63, 3.8) is 0 Å². The van der Waals surface area contributed by atoms with Gasteiger partial charge in [-0.05, 0) is 19.3 Å². The summed E-state index contributed by atoms with van der Waals surface area (Å²) >= 11 is 0. The Morgan fingerprint density at radius 2 is 0.783 bits per heavy atom. The fraction of sp³-hybridized carbons (Fsp3) is 0.950. The molecule has 0 aromatic heterocycles. The second kappa shape index (κ2) is 52.1. The Kier molecular flexibility index (Phi) is 51.5. The number of carbonyl (C=O) groups is 1. The molecular weight excluding hydrogens is 876 g/mol. The van der Waals surface area contributed by atoms with Crippen LogP contribution >= 0.6 is 7.82 Å². The molecule has 0 saturated carbocycles. The molecule has 412 valence electrons. The van der Waals surface area contributed by atoms with Crippen molar-refractivity contribution in [1.82, 2.24) is 5.32 Å². The molecule has 3 atom stereocenters. The van der Waals surface area contributed by atoms with Crippen LogP contribution in [0.1, 0.15) is 316 Å². The summed E-state index contributed by atoms with van der Waals surface area (Å²) in [5, 5.41) is 13.9. The number of nitrogens with zero attached hydrogens (tertiary/aromatic N) is 1. The lowest BCUT2D eigenvalue weighted by Gasteiger charge is -2.29. The van der Waals surface area contributed by atoms with Crippen LogP contribution < -0.4 is 10.2 Å². The molecule has 1 amide bonds. The summed E-state index contributed by atoms with van der Waals surface area (Å²) in [4.78, 5) is 25.5. The van der Waals surface area contributed by atoms with Crippen LogP contribution in [0.15, 0.2) is 12.2 Å². The van der Waals surface area contributed by atoms with Crippen molar-refractivity contribution in [2.75, 3.05) is 40.9 Å². The highest BCUT2D eigenvalue weighted by atomic mass is 31.2. The Bertz CT molecular complexity index is 1130. The largest absolute Gasteiger partial charge is 0.756 e. The normalized spacial score (nSPS) is 13.9. The summed E-state index contributed by atoms with van der Waals surface area (Å²) in [5.74, 6) is -0.189. The Labute approximate surface area is 431 Å². The number of hydrogen-bond acceptors (Lipinski definition) is 6. The topological polar surface area (TPSA) is 108 Å². The first-order valence-electron chi connectivity index (χ1n) is 30.6. The van der Waals surface area contributed by atoms with Gasteiger partial charge >= 0.3 is 0 Å². The number of allylic oxidation sites excluding steroid dienone is 1. The molecular formula is C60H121N2O6P. The fourth-order valence-corrected chi connectivity index (χ4v) is 10.2. The number of unbranched alkanes of at least 4 members (excludes halogenated alkanes) is 44. The summed E-state index contributed by atoms with van der Waals surface area (Å²) in [6.45, 7) is 4.70. The lowest BCUT2D eigenvalue weighted by Crippen LogP contribution is -2.45. The molecule has 9 heteroatoms. The molecule has 0 aliphatic carbocycles. The number of phosphoric acid groups is 1. The number of rotatable bonds is 57. The van der Waals surface area contributed by atoms with Crippen molar-refractivity contribution < 1.29 is 32.9 Å². The van der Waals surface area contributed by atoms with Gasteiger partial charge in [-0.25, -0.2) is 0 Å². The average Bonchev–Trinajstić information content (AvgIpc) is 3.31. The second-order valence-electron chi connectivity index (χ2n) is 22.4. The maximum absolute atomic E-state index is 13.0. The van der Waals surface area contributed by atoms with Crippen molar-refractivity contribution in [2.45, 2.75) is 328 Å². The number of likely N-dealkylation sites (N-methyl/N-ethyl adjacent to an activating group) is 1. The van der Waals surface area contributed by atoms with E-state index in [0.717, 1.165) is 38.5 Å². The van der Waals surface area contributed by atoms with Gasteiger partial charge in [-0.2, -0.15) is 0 Å². The quantitative estimate of drug-likeness (QED) is 0.0272. The Balaban J connectivity index is 4.07. The Morgan fingerprint density at radius 3 is 1.09 bits per heavy atom. The van der Waals surface area contributed by atoms with Gasteiger partial charge in [-0.15, -0.1) is 0 Å². The van der Waals surface area contributed by atoms with Crippen molar-refractivity contribution in [2.24, 2.45) is 0 Å². The number of aliphatic hydroxyl groups excluding tert-OH is 1. The van der Waals surface area contributed by atoms with Crippen LogP contribution in [0.25, 0.3) is 0 Å². The van der Waals surface area contributed by atoms with E-state index in [2.05, 4.69) is 19.2 Å². The zero-order chi connectivity index (χ0) is 50.6. The van der Waals surface area contributed by atoms with Gasteiger partial charge < -0.3 is 28.8 Å². The summed E-state index contributed by atoms with van der Waals surface area (Å²) < 4.78 is 23.4. The second-order valence-corrected chi connectivity index (χ2v) is 23.8. The predicted octanol–water partition coefficient (Wildman–Crippen LogP) is 18.0. The molecule has 0 aliphatic heterocycles. The minimum Gasteiger partial charge on any atom is -0.756 e. The molecule has 2 N–H and O–H groups in total. The minimum atomic E-state index is -4.59. The van der Waals surface area contributed by atoms with Gasteiger partial charge in [0.1, 0.15) is 13.2 Å².